The molecule has 0 saturated heterocycles. The van der Waals surface area contributed by atoms with E-state index in [1.165, 1.54) is 0 Å². The van der Waals surface area contributed by atoms with E-state index in [4.69, 9.17) is 14.2 Å². The third-order valence-electron chi connectivity index (χ3n) is 4.96. The van der Waals surface area contributed by atoms with Crippen molar-refractivity contribution in [2.45, 2.75) is 32.4 Å². The van der Waals surface area contributed by atoms with Gasteiger partial charge in [-0.15, -0.1) is 0 Å². The van der Waals surface area contributed by atoms with Crippen molar-refractivity contribution in [1.29, 1.82) is 0 Å². The molecular formula is C24H27NO4. The van der Waals surface area contributed by atoms with Crippen LogP contribution in [0.4, 0.5) is 0 Å². The van der Waals surface area contributed by atoms with E-state index in [0.717, 1.165) is 22.8 Å². The van der Waals surface area contributed by atoms with E-state index in [1.54, 1.807) is 21.1 Å². The van der Waals surface area contributed by atoms with E-state index in [0.29, 0.717) is 17.2 Å². The Morgan fingerprint density at radius 1 is 0.931 bits per heavy atom. The standard InChI is InChI=1S/C24H27NO4/c1-5-20(18-13-14-22(27-3)23(15-18)28-4)25-24(26)16(2)29-21-12-8-10-17-9-6-7-11-19(17)21/h6-16,20H,5H2,1-4H3,(H,25,26)/t16-,20+/m0/s1. The molecule has 3 aromatic rings. The molecule has 0 aliphatic heterocycles. The number of nitrogens with one attached hydrogen (secondary N) is 1. The molecule has 3 aromatic carbocycles. The number of hydrogen-bond acceptors (Lipinski definition) is 4. The van der Waals surface area contributed by atoms with Crippen LogP contribution in [0.15, 0.2) is 60.7 Å². The number of carbonyl (C=O) groups is 1. The van der Waals surface area contributed by atoms with Gasteiger partial charge in [0.05, 0.1) is 20.3 Å². The number of methoxy groups -OCH3 is 2. The van der Waals surface area contributed by atoms with Gasteiger partial charge in [0.2, 0.25) is 0 Å². The molecule has 5 heteroatoms. The highest BCUT2D eigenvalue weighted by Crippen LogP contribution is 2.31. The molecule has 0 heterocycles. The van der Waals surface area contributed by atoms with Crippen LogP contribution in [0.25, 0.3) is 10.8 Å². The fourth-order valence-corrected chi connectivity index (χ4v) is 3.32. The van der Waals surface area contributed by atoms with Gasteiger partial charge in [-0.1, -0.05) is 49.4 Å². The third kappa shape index (κ3) is 4.62. The third-order valence-corrected chi connectivity index (χ3v) is 4.96. The van der Waals surface area contributed by atoms with Crippen LogP contribution in [-0.4, -0.2) is 26.2 Å². The van der Waals surface area contributed by atoms with Gasteiger partial charge in [0, 0.05) is 5.39 Å². The van der Waals surface area contributed by atoms with Crippen LogP contribution in [0, 0.1) is 0 Å². The van der Waals surface area contributed by atoms with Gasteiger partial charge in [-0.2, -0.15) is 0 Å². The lowest BCUT2D eigenvalue weighted by Crippen LogP contribution is -2.38. The van der Waals surface area contributed by atoms with Crippen molar-refractivity contribution in [1.82, 2.24) is 5.32 Å². The zero-order chi connectivity index (χ0) is 20.8. The lowest BCUT2D eigenvalue weighted by molar-refractivity contribution is -0.128. The van der Waals surface area contributed by atoms with Crippen molar-refractivity contribution >= 4 is 16.7 Å². The molecule has 0 aromatic heterocycles. The zero-order valence-corrected chi connectivity index (χ0v) is 17.3. The van der Waals surface area contributed by atoms with Crippen LogP contribution in [-0.2, 0) is 4.79 Å². The first kappa shape index (κ1) is 20.5. The van der Waals surface area contributed by atoms with Crippen LogP contribution in [0.5, 0.6) is 17.2 Å². The maximum absolute atomic E-state index is 12.8. The van der Waals surface area contributed by atoms with E-state index in [1.807, 2.05) is 67.6 Å². The number of benzene rings is 3. The SMILES string of the molecule is CC[C@@H](NC(=O)[C@H](C)Oc1cccc2ccccc12)c1ccc(OC)c(OC)c1. The average Bonchev–Trinajstić information content (AvgIpc) is 2.77. The van der Waals surface area contributed by atoms with Crippen LogP contribution in [0.3, 0.4) is 0 Å². The number of ether oxygens (including phenoxy) is 3. The van der Waals surface area contributed by atoms with Crippen molar-refractivity contribution in [3.05, 3.63) is 66.2 Å². The molecular weight excluding hydrogens is 366 g/mol. The van der Waals surface area contributed by atoms with Gasteiger partial charge < -0.3 is 19.5 Å². The molecule has 29 heavy (non-hydrogen) atoms. The summed E-state index contributed by atoms with van der Waals surface area (Å²) in [6.45, 7) is 3.79. The lowest BCUT2D eigenvalue weighted by atomic mass is 10.0. The van der Waals surface area contributed by atoms with E-state index >= 15 is 0 Å². The summed E-state index contributed by atoms with van der Waals surface area (Å²) in [5.41, 5.74) is 0.955. The second-order valence-corrected chi connectivity index (χ2v) is 6.82. The molecule has 0 fully saturated rings. The fourth-order valence-electron chi connectivity index (χ4n) is 3.32. The van der Waals surface area contributed by atoms with E-state index in [9.17, 15) is 4.79 Å². The van der Waals surface area contributed by atoms with Gasteiger partial charge >= 0.3 is 0 Å². The smallest absolute Gasteiger partial charge is 0.261 e. The zero-order valence-electron chi connectivity index (χ0n) is 17.3. The Bertz CT molecular complexity index is 980. The van der Waals surface area contributed by atoms with Crippen molar-refractivity contribution in [2.24, 2.45) is 0 Å². The second-order valence-electron chi connectivity index (χ2n) is 6.82. The van der Waals surface area contributed by atoms with E-state index in [2.05, 4.69) is 5.32 Å². The normalized spacial score (nSPS) is 12.8. The molecule has 0 spiro atoms. The Balaban J connectivity index is 1.74. The average molecular weight is 393 g/mol. The molecule has 1 N–H and O–H groups in total. The van der Waals surface area contributed by atoms with Crippen molar-refractivity contribution in [3.63, 3.8) is 0 Å². The maximum atomic E-state index is 12.8. The summed E-state index contributed by atoms with van der Waals surface area (Å²) in [7, 11) is 3.20. The van der Waals surface area contributed by atoms with E-state index in [-0.39, 0.29) is 11.9 Å². The Hall–Kier alpha value is -3.21. The first-order chi connectivity index (χ1) is 14.1. The number of hydrogen-bond donors (Lipinski definition) is 1. The monoisotopic (exact) mass is 393 g/mol. The Morgan fingerprint density at radius 2 is 1.66 bits per heavy atom. The summed E-state index contributed by atoms with van der Waals surface area (Å²) >= 11 is 0. The minimum Gasteiger partial charge on any atom is -0.493 e. The molecule has 0 radical (unpaired) electrons. The molecule has 0 bridgehead atoms. The summed E-state index contributed by atoms with van der Waals surface area (Å²) in [4.78, 5) is 12.8. The van der Waals surface area contributed by atoms with Gasteiger partial charge in [-0.25, -0.2) is 0 Å². The van der Waals surface area contributed by atoms with Crippen LogP contribution < -0.4 is 19.5 Å². The van der Waals surface area contributed by atoms with Gasteiger partial charge in [0.1, 0.15) is 5.75 Å². The predicted molar refractivity (Wildman–Crippen MR) is 115 cm³/mol. The summed E-state index contributed by atoms with van der Waals surface area (Å²) in [6.07, 6.45) is 0.109. The quantitative estimate of drug-likeness (QED) is 0.592. The number of amides is 1. The highest BCUT2D eigenvalue weighted by Gasteiger charge is 2.21. The minimum atomic E-state index is -0.630. The molecule has 1 amide bonds. The van der Waals surface area contributed by atoms with Gasteiger partial charge in [-0.3, -0.25) is 4.79 Å². The van der Waals surface area contributed by atoms with Crippen LogP contribution in [0.2, 0.25) is 0 Å². The molecule has 5 nitrogen and oxygen atoms in total. The number of carbonyl (C=O) groups excluding carboxylic acids is 1. The summed E-state index contributed by atoms with van der Waals surface area (Å²) in [6, 6.07) is 19.3. The van der Waals surface area contributed by atoms with Gasteiger partial charge in [0.15, 0.2) is 17.6 Å². The first-order valence-corrected chi connectivity index (χ1v) is 9.74. The highest BCUT2D eigenvalue weighted by atomic mass is 16.5. The second kappa shape index (κ2) is 9.32. The maximum Gasteiger partial charge on any atom is 0.261 e. The largest absolute Gasteiger partial charge is 0.493 e. The topological polar surface area (TPSA) is 56.8 Å². The predicted octanol–water partition coefficient (Wildman–Crippen LogP) is 4.89. The number of fused-ring (bicyclic) bond motifs is 1. The fraction of sp³-hybridized carbons (Fsp3) is 0.292. The summed E-state index contributed by atoms with van der Waals surface area (Å²) in [5.74, 6) is 1.83. The summed E-state index contributed by atoms with van der Waals surface area (Å²) < 4.78 is 16.7. The molecule has 2 atom stereocenters. The Labute approximate surface area is 171 Å². The van der Waals surface area contributed by atoms with Crippen molar-refractivity contribution < 1.29 is 19.0 Å². The Morgan fingerprint density at radius 3 is 2.38 bits per heavy atom. The molecule has 0 unspecified atom stereocenters. The molecule has 0 aliphatic carbocycles. The van der Waals surface area contributed by atoms with Crippen LogP contribution >= 0.6 is 0 Å². The highest BCUT2D eigenvalue weighted by molar-refractivity contribution is 5.89. The summed E-state index contributed by atoms with van der Waals surface area (Å²) in [5, 5.41) is 5.15. The van der Waals surface area contributed by atoms with Crippen LogP contribution in [0.1, 0.15) is 31.9 Å². The molecule has 0 aliphatic rings. The number of rotatable bonds is 8. The first-order valence-electron chi connectivity index (χ1n) is 9.74. The van der Waals surface area contributed by atoms with E-state index < -0.39 is 6.10 Å². The molecule has 152 valence electrons. The van der Waals surface area contributed by atoms with Crippen molar-refractivity contribution in [2.75, 3.05) is 14.2 Å². The van der Waals surface area contributed by atoms with Gasteiger partial charge in [-0.05, 0) is 42.5 Å². The minimum absolute atomic E-state index is 0.152. The lowest BCUT2D eigenvalue weighted by Gasteiger charge is -2.22. The Kier molecular flexibility index (Phi) is 6.60. The van der Waals surface area contributed by atoms with Gasteiger partial charge in [0.25, 0.3) is 5.91 Å². The molecule has 3 rings (SSSR count). The van der Waals surface area contributed by atoms with Crippen molar-refractivity contribution in [3.8, 4) is 17.2 Å². The molecule has 0 saturated carbocycles.